The highest BCUT2D eigenvalue weighted by Crippen LogP contribution is 2.18. The molecular formula is C9H14N2. The Kier molecular flexibility index (Phi) is 1.68. The molecule has 1 aromatic heterocycles. The third-order valence-corrected chi connectivity index (χ3v) is 2.51. The Hall–Kier alpha value is -0.790. The second-order valence-corrected chi connectivity index (χ2v) is 3.30. The number of hydrogen-bond acceptors (Lipinski definition) is 1. The first-order valence-electron chi connectivity index (χ1n) is 4.37. The lowest BCUT2D eigenvalue weighted by atomic mass is 10.1. The molecule has 1 aliphatic carbocycles. The summed E-state index contributed by atoms with van der Waals surface area (Å²) >= 11 is 0. The maximum Gasteiger partial charge on any atom is 0.0524 e. The molecular weight excluding hydrogens is 136 g/mol. The zero-order chi connectivity index (χ0) is 7.68. The SMILES string of the molecule is Cn1ncc2c1CCCCC2. The van der Waals surface area contributed by atoms with E-state index in [0.717, 1.165) is 0 Å². The summed E-state index contributed by atoms with van der Waals surface area (Å²) < 4.78 is 2.03. The van der Waals surface area contributed by atoms with Crippen molar-refractivity contribution in [3.8, 4) is 0 Å². The Labute approximate surface area is 67.2 Å². The molecule has 60 valence electrons. The average Bonchev–Trinajstić information content (AvgIpc) is 2.25. The van der Waals surface area contributed by atoms with Gasteiger partial charge in [-0.2, -0.15) is 5.10 Å². The van der Waals surface area contributed by atoms with E-state index < -0.39 is 0 Å². The van der Waals surface area contributed by atoms with Crippen molar-refractivity contribution in [3.05, 3.63) is 17.5 Å². The monoisotopic (exact) mass is 150 g/mol. The molecule has 0 saturated carbocycles. The van der Waals surface area contributed by atoms with Gasteiger partial charge in [0.1, 0.15) is 0 Å². The Morgan fingerprint density at radius 2 is 2.09 bits per heavy atom. The number of rotatable bonds is 0. The van der Waals surface area contributed by atoms with Gasteiger partial charge >= 0.3 is 0 Å². The normalized spacial score (nSPS) is 17.5. The Bertz CT molecular complexity index is 250. The van der Waals surface area contributed by atoms with Gasteiger partial charge in [-0.15, -0.1) is 0 Å². The number of fused-ring (bicyclic) bond motifs is 1. The van der Waals surface area contributed by atoms with Gasteiger partial charge in [0.25, 0.3) is 0 Å². The first kappa shape index (κ1) is 6.89. The van der Waals surface area contributed by atoms with Crippen LogP contribution in [0.1, 0.15) is 30.5 Å². The Morgan fingerprint density at radius 3 is 3.00 bits per heavy atom. The van der Waals surface area contributed by atoms with Crippen molar-refractivity contribution in [2.45, 2.75) is 32.1 Å². The Balaban J connectivity index is 2.35. The van der Waals surface area contributed by atoms with Crippen LogP contribution in [-0.2, 0) is 19.9 Å². The molecule has 0 aromatic carbocycles. The fourth-order valence-electron chi connectivity index (χ4n) is 1.82. The second kappa shape index (κ2) is 2.68. The van der Waals surface area contributed by atoms with Crippen molar-refractivity contribution in [2.75, 3.05) is 0 Å². The molecule has 0 bridgehead atoms. The van der Waals surface area contributed by atoms with Crippen LogP contribution in [0.5, 0.6) is 0 Å². The number of nitrogens with zero attached hydrogens (tertiary/aromatic N) is 2. The first-order valence-corrected chi connectivity index (χ1v) is 4.37. The number of aromatic nitrogens is 2. The molecule has 0 aliphatic heterocycles. The van der Waals surface area contributed by atoms with Crippen molar-refractivity contribution in [1.29, 1.82) is 0 Å². The summed E-state index contributed by atoms with van der Waals surface area (Å²) in [4.78, 5) is 0. The van der Waals surface area contributed by atoms with Crippen LogP contribution in [0.15, 0.2) is 6.20 Å². The molecule has 0 radical (unpaired) electrons. The summed E-state index contributed by atoms with van der Waals surface area (Å²) in [6, 6.07) is 0. The summed E-state index contributed by atoms with van der Waals surface area (Å²) in [5.74, 6) is 0. The minimum Gasteiger partial charge on any atom is -0.272 e. The van der Waals surface area contributed by atoms with E-state index in [9.17, 15) is 0 Å². The smallest absolute Gasteiger partial charge is 0.0524 e. The van der Waals surface area contributed by atoms with E-state index in [1.807, 2.05) is 17.9 Å². The van der Waals surface area contributed by atoms with Gasteiger partial charge in [0.05, 0.1) is 6.20 Å². The molecule has 2 rings (SSSR count). The van der Waals surface area contributed by atoms with Crippen LogP contribution in [0.2, 0.25) is 0 Å². The van der Waals surface area contributed by atoms with Crippen LogP contribution >= 0.6 is 0 Å². The molecule has 1 aliphatic rings. The predicted octanol–water partition coefficient (Wildman–Crippen LogP) is 1.69. The Morgan fingerprint density at radius 1 is 1.27 bits per heavy atom. The van der Waals surface area contributed by atoms with Gasteiger partial charge < -0.3 is 0 Å². The second-order valence-electron chi connectivity index (χ2n) is 3.30. The fourth-order valence-corrected chi connectivity index (χ4v) is 1.82. The summed E-state index contributed by atoms with van der Waals surface area (Å²) in [6.45, 7) is 0. The van der Waals surface area contributed by atoms with Crippen molar-refractivity contribution in [2.24, 2.45) is 7.05 Å². The topological polar surface area (TPSA) is 17.8 Å². The summed E-state index contributed by atoms with van der Waals surface area (Å²) in [5, 5.41) is 4.26. The maximum absolute atomic E-state index is 4.26. The highest BCUT2D eigenvalue weighted by molar-refractivity contribution is 5.18. The van der Waals surface area contributed by atoms with Crippen molar-refractivity contribution in [1.82, 2.24) is 9.78 Å². The lowest BCUT2D eigenvalue weighted by molar-refractivity contribution is 0.662. The lowest BCUT2D eigenvalue weighted by Crippen LogP contribution is -1.98. The van der Waals surface area contributed by atoms with Crippen LogP contribution in [-0.4, -0.2) is 9.78 Å². The van der Waals surface area contributed by atoms with Crippen LogP contribution in [0.3, 0.4) is 0 Å². The third kappa shape index (κ3) is 1.17. The minimum absolute atomic E-state index is 1.23. The molecule has 0 N–H and O–H groups in total. The van der Waals surface area contributed by atoms with E-state index in [2.05, 4.69) is 5.10 Å². The molecule has 0 spiro atoms. The molecule has 0 atom stereocenters. The third-order valence-electron chi connectivity index (χ3n) is 2.51. The van der Waals surface area contributed by atoms with E-state index in [1.54, 1.807) is 0 Å². The van der Waals surface area contributed by atoms with E-state index >= 15 is 0 Å². The fraction of sp³-hybridized carbons (Fsp3) is 0.667. The van der Waals surface area contributed by atoms with Crippen molar-refractivity contribution in [3.63, 3.8) is 0 Å². The van der Waals surface area contributed by atoms with E-state index in [4.69, 9.17) is 0 Å². The van der Waals surface area contributed by atoms with Gasteiger partial charge in [-0.05, 0) is 31.2 Å². The molecule has 0 fully saturated rings. The van der Waals surface area contributed by atoms with Crippen LogP contribution in [0, 0.1) is 0 Å². The number of aryl methyl sites for hydroxylation is 2. The van der Waals surface area contributed by atoms with Crippen LogP contribution in [0.25, 0.3) is 0 Å². The highest BCUT2D eigenvalue weighted by Gasteiger charge is 2.10. The van der Waals surface area contributed by atoms with E-state index in [0.29, 0.717) is 0 Å². The van der Waals surface area contributed by atoms with Gasteiger partial charge in [-0.1, -0.05) is 6.42 Å². The lowest BCUT2D eigenvalue weighted by Gasteiger charge is -1.99. The predicted molar refractivity (Wildman–Crippen MR) is 44.5 cm³/mol. The molecule has 1 heterocycles. The molecule has 0 saturated heterocycles. The molecule has 2 nitrogen and oxygen atoms in total. The number of hydrogen-bond donors (Lipinski definition) is 0. The van der Waals surface area contributed by atoms with Crippen molar-refractivity contribution >= 4 is 0 Å². The standard InChI is InChI=1S/C9H14N2/c1-11-9-6-4-2-3-5-8(9)7-10-11/h7H,2-6H2,1H3. The zero-order valence-electron chi connectivity index (χ0n) is 7.01. The maximum atomic E-state index is 4.26. The average molecular weight is 150 g/mol. The zero-order valence-corrected chi connectivity index (χ0v) is 7.01. The summed E-state index contributed by atoms with van der Waals surface area (Å²) in [7, 11) is 2.05. The molecule has 11 heavy (non-hydrogen) atoms. The molecule has 1 aromatic rings. The van der Waals surface area contributed by atoms with Gasteiger partial charge in [0.2, 0.25) is 0 Å². The van der Waals surface area contributed by atoms with Gasteiger partial charge in [0.15, 0.2) is 0 Å². The summed E-state index contributed by atoms with van der Waals surface area (Å²) in [5.41, 5.74) is 2.94. The van der Waals surface area contributed by atoms with Crippen molar-refractivity contribution < 1.29 is 0 Å². The molecule has 0 unspecified atom stereocenters. The van der Waals surface area contributed by atoms with Gasteiger partial charge in [-0.3, -0.25) is 4.68 Å². The first-order chi connectivity index (χ1) is 5.38. The van der Waals surface area contributed by atoms with Gasteiger partial charge in [0, 0.05) is 12.7 Å². The van der Waals surface area contributed by atoms with E-state index in [-0.39, 0.29) is 0 Å². The summed E-state index contributed by atoms with van der Waals surface area (Å²) in [6.07, 6.45) is 8.57. The largest absolute Gasteiger partial charge is 0.272 e. The molecule has 2 heteroatoms. The minimum atomic E-state index is 1.23. The quantitative estimate of drug-likeness (QED) is 0.514. The van der Waals surface area contributed by atoms with Gasteiger partial charge in [-0.25, -0.2) is 0 Å². The van der Waals surface area contributed by atoms with E-state index in [1.165, 1.54) is 43.4 Å². The van der Waals surface area contributed by atoms with Crippen LogP contribution in [0.4, 0.5) is 0 Å². The van der Waals surface area contributed by atoms with Crippen LogP contribution < -0.4 is 0 Å². The highest BCUT2D eigenvalue weighted by atomic mass is 15.3. The molecule has 0 amide bonds.